The molecule has 5 rings (SSSR count). The number of hydrogen-bond donors (Lipinski definition) is 2. The van der Waals surface area contributed by atoms with Crippen LogP contribution < -0.4 is 25.2 Å². The summed E-state index contributed by atoms with van der Waals surface area (Å²) in [5.41, 5.74) is 4.02. The molecule has 0 bridgehead atoms. The third-order valence-corrected chi connectivity index (χ3v) is 6.18. The zero-order valence-electron chi connectivity index (χ0n) is 20.7. The van der Waals surface area contributed by atoms with Gasteiger partial charge in [0.05, 0.1) is 43.6 Å². The molecule has 1 aromatic carbocycles. The summed E-state index contributed by atoms with van der Waals surface area (Å²) in [6.45, 7) is 6.58. The standard InChI is InChI=1S/C26H28N6O4/c1-15-11-18(5-6-21(15)32-9-10-36-16(2)14-32)29-23-22-17(7-8-27-24(22)33)12-20(30-23)19-13-28-26(35-4)31-25(19)34-3/h5-8,11-13,16H,9-10,14H2,1-4H3,(H,27,33)(H,29,30). The molecule has 10 nitrogen and oxygen atoms in total. The Morgan fingerprint density at radius 3 is 2.78 bits per heavy atom. The van der Waals surface area contributed by atoms with Gasteiger partial charge in [0.15, 0.2) is 0 Å². The van der Waals surface area contributed by atoms with E-state index in [1.54, 1.807) is 12.4 Å². The van der Waals surface area contributed by atoms with Crippen molar-refractivity contribution < 1.29 is 14.2 Å². The fraction of sp³-hybridized carbons (Fsp3) is 0.308. The molecule has 186 valence electrons. The number of aryl methyl sites for hydroxylation is 1. The lowest BCUT2D eigenvalue weighted by molar-refractivity contribution is 0.0532. The number of rotatable bonds is 6. The molecule has 1 aliphatic rings. The molecule has 4 heterocycles. The minimum Gasteiger partial charge on any atom is -0.480 e. The number of anilines is 3. The molecule has 10 heteroatoms. The predicted molar refractivity (Wildman–Crippen MR) is 139 cm³/mol. The van der Waals surface area contributed by atoms with E-state index in [1.165, 1.54) is 19.9 Å². The van der Waals surface area contributed by atoms with E-state index in [1.807, 2.05) is 18.2 Å². The summed E-state index contributed by atoms with van der Waals surface area (Å²) in [5, 5.41) is 4.54. The number of nitrogens with zero attached hydrogens (tertiary/aromatic N) is 4. The first-order chi connectivity index (χ1) is 17.5. The highest BCUT2D eigenvalue weighted by atomic mass is 16.5. The fourth-order valence-corrected chi connectivity index (χ4v) is 4.49. The van der Waals surface area contributed by atoms with Crippen molar-refractivity contribution >= 4 is 28.0 Å². The molecular formula is C26H28N6O4. The van der Waals surface area contributed by atoms with E-state index in [0.29, 0.717) is 34.9 Å². The van der Waals surface area contributed by atoms with Gasteiger partial charge in [-0.05, 0) is 55.1 Å². The van der Waals surface area contributed by atoms with Crippen LogP contribution >= 0.6 is 0 Å². The van der Waals surface area contributed by atoms with E-state index in [9.17, 15) is 4.79 Å². The maximum atomic E-state index is 12.8. The van der Waals surface area contributed by atoms with Crippen molar-refractivity contribution in [2.75, 3.05) is 44.1 Å². The third-order valence-electron chi connectivity index (χ3n) is 6.18. The van der Waals surface area contributed by atoms with Crippen LogP contribution in [0.25, 0.3) is 22.0 Å². The number of morpholine rings is 1. The quantitative estimate of drug-likeness (QED) is 0.419. The number of H-pyrrole nitrogens is 1. The van der Waals surface area contributed by atoms with Gasteiger partial charge in [0.2, 0.25) is 5.88 Å². The summed E-state index contributed by atoms with van der Waals surface area (Å²) >= 11 is 0. The van der Waals surface area contributed by atoms with Gasteiger partial charge in [0, 0.05) is 36.9 Å². The summed E-state index contributed by atoms with van der Waals surface area (Å²) in [7, 11) is 3.01. The van der Waals surface area contributed by atoms with Gasteiger partial charge in [-0.2, -0.15) is 4.98 Å². The average molecular weight is 489 g/mol. The Labute approximate surface area is 208 Å². The Kier molecular flexibility index (Phi) is 6.43. The van der Waals surface area contributed by atoms with E-state index in [4.69, 9.17) is 19.2 Å². The molecule has 0 amide bonds. The van der Waals surface area contributed by atoms with Crippen molar-refractivity contribution in [3.8, 4) is 23.1 Å². The molecule has 0 aliphatic carbocycles. The molecule has 4 aromatic rings. The van der Waals surface area contributed by atoms with E-state index in [0.717, 1.165) is 29.7 Å². The summed E-state index contributed by atoms with van der Waals surface area (Å²) in [6.07, 6.45) is 3.40. The summed E-state index contributed by atoms with van der Waals surface area (Å²) in [6, 6.07) is 9.99. The van der Waals surface area contributed by atoms with Gasteiger partial charge in [0.25, 0.3) is 5.56 Å². The second-order valence-corrected chi connectivity index (χ2v) is 8.66. The largest absolute Gasteiger partial charge is 0.480 e. The lowest BCUT2D eigenvalue weighted by Crippen LogP contribution is -2.41. The van der Waals surface area contributed by atoms with E-state index < -0.39 is 0 Å². The van der Waals surface area contributed by atoms with Gasteiger partial charge in [-0.3, -0.25) is 4.79 Å². The van der Waals surface area contributed by atoms with Gasteiger partial charge in [-0.1, -0.05) is 0 Å². The minimum atomic E-state index is -0.234. The van der Waals surface area contributed by atoms with Gasteiger partial charge in [-0.25, -0.2) is 9.97 Å². The van der Waals surface area contributed by atoms with Crippen molar-refractivity contribution in [2.24, 2.45) is 0 Å². The molecule has 2 N–H and O–H groups in total. The number of aromatic amines is 1. The summed E-state index contributed by atoms with van der Waals surface area (Å²) < 4.78 is 16.3. The molecule has 1 fully saturated rings. The van der Waals surface area contributed by atoms with Crippen molar-refractivity contribution in [3.63, 3.8) is 0 Å². The van der Waals surface area contributed by atoms with E-state index in [-0.39, 0.29) is 17.7 Å². The SMILES string of the molecule is COc1ncc(-c2cc3cc[nH]c(=O)c3c(Nc3ccc(N4CCOC(C)C4)c(C)c3)n2)c(OC)n1. The number of ether oxygens (including phenoxy) is 3. The summed E-state index contributed by atoms with van der Waals surface area (Å²) in [4.78, 5) is 31.1. The number of benzene rings is 1. The smallest absolute Gasteiger partial charge is 0.319 e. The first-order valence-corrected chi connectivity index (χ1v) is 11.7. The van der Waals surface area contributed by atoms with Crippen LogP contribution in [-0.4, -0.2) is 60.0 Å². The molecule has 1 unspecified atom stereocenters. The van der Waals surface area contributed by atoms with Crippen LogP contribution in [0.15, 0.2) is 47.5 Å². The second-order valence-electron chi connectivity index (χ2n) is 8.66. The first-order valence-electron chi connectivity index (χ1n) is 11.7. The molecule has 1 saturated heterocycles. The third kappa shape index (κ3) is 4.55. The van der Waals surface area contributed by atoms with Crippen LogP contribution in [0.5, 0.6) is 11.9 Å². The van der Waals surface area contributed by atoms with Crippen LogP contribution in [0.1, 0.15) is 12.5 Å². The number of aromatic nitrogens is 4. The number of nitrogens with one attached hydrogen (secondary N) is 2. The van der Waals surface area contributed by atoms with Crippen molar-refractivity contribution in [1.82, 2.24) is 19.9 Å². The molecule has 3 aromatic heterocycles. The van der Waals surface area contributed by atoms with Crippen molar-refractivity contribution in [3.05, 3.63) is 58.6 Å². The maximum Gasteiger partial charge on any atom is 0.319 e. The highest BCUT2D eigenvalue weighted by Crippen LogP contribution is 2.33. The lowest BCUT2D eigenvalue weighted by Gasteiger charge is -2.34. The predicted octanol–water partition coefficient (Wildman–Crippen LogP) is 3.67. The molecule has 1 aliphatic heterocycles. The fourth-order valence-electron chi connectivity index (χ4n) is 4.49. The lowest BCUT2D eigenvalue weighted by atomic mass is 10.1. The normalized spacial score (nSPS) is 15.7. The first kappa shape index (κ1) is 23.6. The van der Waals surface area contributed by atoms with Gasteiger partial charge >= 0.3 is 6.01 Å². The van der Waals surface area contributed by atoms with E-state index in [2.05, 4.69) is 51.1 Å². The Balaban J connectivity index is 1.56. The molecule has 0 radical (unpaired) electrons. The van der Waals surface area contributed by atoms with Gasteiger partial charge in [0.1, 0.15) is 5.82 Å². The van der Waals surface area contributed by atoms with Crippen LogP contribution in [0.4, 0.5) is 17.2 Å². The monoisotopic (exact) mass is 488 g/mol. The number of fused-ring (bicyclic) bond motifs is 1. The zero-order valence-corrected chi connectivity index (χ0v) is 20.7. The Hall–Kier alpha value is -4.18. The Bertz CT molecular complexity index is 1470. The van der Waals surface area contributed by atoms with Crippen molar-refractivity contribution in [1.29, 1.82) is 0 Å². The van der Waals surface area contributed by atoms with Crippen LogP contribution in [-0.2, 0) is 4.74 Å². The van der Waals surface area contributed by atoms with Crippen LogP contribution in [0.2, 0.25) is 0 Å². The number of pyridine rings is 2. The topological polar surface area (TPSA) is 114 Å². The van der Waals surface area contributed by atoms with Crippen LogP contribution in [0.3, 0.4) is 0 Å². The van der Waals surface area contributed by atoms with E-state index >= 15 is 0 Å². The number of hydrogen-bond acceptors (Lipinski definition) is 9. The van der Waals surface area contributed by atoms with Gasteiger partial charge in [-0.15, -0.1) is 0 Å². The van der Waals surface area contributed by atoms with Crippen molar-refractivity contribution in [2.45, 2.75) is 20.0 Å². The second kappa shape index (κ2) is 9.82. The molecular weight excluding hydrogens is 460 g/mol. The van der Waals surface area contributed by atoms with Gasteiger partial charge < -0.3 is 29.4 Å². The maximum absolute atomic E-state index is 12.8. The minimum absolute atomic E-state index is 0.191. The summed E-state index contributed by atoms with van der Waals surface area (Å²) in [5.74, 6) is 0.749. The average Bonchev–Trinajstić information content (AvgIpc) is 2.88. The molecule has 0 spiro atoms. The zero-order chi connectivity index (χ0) is 25.2. The van der Waals surface area contributed by atoms with Crippen LogP contribution in [0, 0.1) is 6.92 Å². The highest BCUT2D eigenvalue weighted by molar-refractivity contribution is 5.95. The molecule has 36 heavy (non-hydrogen) atoms. The Morgan fingerprint density at radius 1 is 1.17 bits per heavy atom. The molecule has 1 atom stereocenters. The number of methoxy groups -OCH3 is 2. The highest BCUT2D eigenvalue weighted by Gasteiger charge is 2.20. The Morgan fingerprint density at radius 2 is 2.03 bits per heavy atom. The molecule has 0 saturated carbocycles.